The van der Waals surface area contributed by atoms with Crippen LogP contribution in [-0.2, 0) is 11.8 Å². The number of pyridine rings is 2. The molecule has 1 atom stereocenters. The summed E-state index contributed by atoms with van der Waals surface area (Å²) >= 11 is 0. The van der Waals surface area contributed by atoms with Gasteiger partial charge in [0, 0.05) is 80.5 Å². The zero-order chi connectivity index (χ0) is 27.1. The Morgan fingerprint density at radius 3 is 2.51 bits per heavy atom. The number of rotatable bonds is 7. The normalized spacial score (nSPS) is 17.2. The average molecular weight is 521 g/mol. The molecule has 1 aliphatic heterocycles. The first-order valence-corrected chi connectivity index (χ1v) is 13.4. The standard InChI is InChI=1S/C30H32N8O/c1-4-21(2)30(7-8-30)14-28(39)37-11-9-36(10-12-37)27-6-5-22(16-32-27)26-13-23(25-18-33-35(3)19-25)20-38-29(26)24(15-31)17-34-38/h4-6,13,16-21H,1,7-12,14H2,2-3H3. The summed E-state index contributed by atoms with van der Waals surface area (Å²) in [4.78, 5) is 22.0. The molecule has 2 fully saturated rings. The second kappa shape index (κ2) is 9.70. The van der Waals surface area contributed by atoms with Crippen molar-refractivity contribution in [2.24, 2.45) is 18.4 Å². The molecule has 39 heavy (non-hydrogen) atoms. The fourth-order valence-electron chi connectivity index (χ4n) is 5.69. The second-order valence-electron chi connectivity index (χ2n) is 10.8. The van der Waals surface area contributed by atoms with Gasteiger partial charge < -0.3 is 9.80 Å². The highest BCUT2D eigenvalue weighted by Gasteiger charge is 2.48. The molecule has 0 bridgehead atoms. The summed E-state index contributed by atoms with van der Waals surface area (Å²) in [5, 5.41) is 18.4. The summed E-state index contributed by atoms with van der Waals surface area (Å²) in [6, 6.07) is 8.39. The molecule has 1 saturated carbocycles. The van der Waals surface area contributed by atoms with Crippen LogP contribution in [0.5, 0.6) is 0 Å². The lowest BCUT2D eigenvalue weighted by Crippen LogP contribution is -2.49. The summed E-state index contributed by atoms with van der Waals surface area (Å²) in [5.74, 6) is 1.53. The number of hydrogen-bond donors (Lipinski definition) is 0. The van der Waals surface area contributed by atoms with Gasteiger partial charge in [0.1, 0.15) is 11.9 Å². The number of carbonyl (C=O) groups is 1. The van der Waals surface area contributed by atoms with Crippen LogP contribution in [0.3, 0.4) is 0 Å². The topological polar surface area (TPSA) is 95.4 Å². The number of amides is 1. The van der Waals surface area contributed by atoms with Crippen LogP contribution < -0.4 is 4.90 Å². The zero-order valence-electron chi connectivity index (χ0n) is 22.4. The fraction of sp³-hybridized carbons (Fsp3) is 0.367. The predicted molar refractivity (Wildman–Crippen MR) is 150 cm³/mol. The molecule has 0 radical (unpaired) electrons. The molecule has 2 aliphatic rings. The van der Waals surface area contributed by atoms with Crippen LogP contribution in [-0.4, -0.2) is 61.4 Å². The maximum absolute atomic E-state index is 13.0. The molecule has 0 spiro atoms. The largest absolute Gasteiger partial charge is 0.353 e. The van der Waals surface area contributed by atoms with E-state index in [0.717, 1.165) is 59.5 Å². The van der Waals surface area contributed by atoms with Gasteiger partial charge in [-0.25, -0.2) is 9.50 Å². The Bertz CT molecular complexity index is 1580. The van der Waals surface area contributed by atoms with E-state index in [2.05, 4.69) is 40.7 Å². The molecular formula is C30H32N8O. The molecule has 6 rings (SSSR count). The molecule has 1 amide bonds. The molecule has 4 aromatic rings. The number of aromatic nitrogens is 5. The Kier molecular flexibility index (Phi) is 6.18. The minimum Gasteiger partial charge on any atom is -0.353 e. The van der Waals surface area contributed by atoms with E-state index in [9.17, 15) is 10.1 Å². The Hall–Kier alpha value is -4.45. The number of fused-ring (bicyclic) bond motifs is 1. The SMILES string of the molecule is C=CC(C)C1(CC(=O)N2CCN(c3ccc(-c4cc(-c5cnn(C)c5)cn5ncc(C#N)c45)cn3)CC2)CC1. The summed E-state index contributed by atoms with van der Waals surface area (Å²) in [5.41, 5.74) is 5.13. The molecule has 1 unspecified atom stereocenters. The third kappa shape index (κ3) is 4.56. The van der Waals surface area contributed by atoms with Crippen molar-refractivity contribution in [1.82, 2.24) is 29.3 Å². The van der Waals surface area contributed by atoms with Crippen molar-refractivity contribution in [2.45, 2.75) is 26.2 Å². The minimum absolute atomic E-state index is 0.133. The predicted octanol–water partition coefficient (Wildman–Crippen LogP) is 4.31. The van der Waals surface area contributed by atoms with Crippen LogP contribution in [0.2, 0.25) is 0 Å². The van der Waals surface area contributed by atoms with Gasteiger partial charge in [0.2, 0.25) is 5.91 Å². The zero-order valence-corrected chi connectivity index (χ0v) is 22.4. The van der Waals surface area contributed by atoms with E-state index < -0.39 is 0 Å². The molecule has 5 heterocycles. The molecule has 9 nitrogen and oxygen atoms in total. The first kappa shape index (κ1) is 24.9. The lowest BCUT2D eigenvalue weighted by Gasteiger charge is -2.36. The smallest absolute Gasteiger partial charge is 0.223 e. The number of aryl methyl sites for hydroxylation is 1. The first-order chi connectivity index (χ1) is 18.9. The van der Waals surface area contributed by atoms with Crippen molar-refractivity contribution in [1.29, 1.82) is 5.26 Å². The Labute approximate surface area is 228 Å². The number of nitrogens with zero attached hydrogens (tertiary/aromatic N) is 8. The Morgan fingerprint density at radius 2 is 1.90 bits per heavy atom. The van der Waals surface area contributed by atoms with Gasteiger partial charge in [0.05, 0.1) is 23.5 Å². The van der Waals surface area contributed by atoms with Crippen LogP contribution in [0.15, 0.2) is 61.8 Å². The number of allylic oxidation sites excluding steroid dienone is 1. The van der Waals surface area contributed by atoms with Crippen molar-refractivity contribution in [3.05, 3.63) is 67.4 Å². The molecule has 198 valence electrons. The quantitative estimate of drug-likeness (QED) is 0.337. The second-order valence-corrected chi connectivity index (χ2v) is 10.8. The van der Waals surface area contributed by atoms with Gasteiger partial charge >= 0.3 is 0 Å². The number of nitriles is 1. The maximum Gasteiger partial charge on any atom is 0.223 e. The molecular weight excluding hydrogens is 488 g/mol. The van der Waals surface area contributed by atoms with E-state index in [-0.39, 0.29) is 11.3 Å². The Morgan fingerprint density at radius 1 is 1.10 bits per heavy atom. The molecule has 0 aromatic carbocycles. The van der Waals surface area contributed by atoms with Gasteiger partial charge in [-0.3, -0.25) is 9.48 Å². The maximum atomic E-state index is 13.0. The van der Waals surface area contributed by atoms with Crippen molar-refractivity contribution in [3.8, 4) is 28.3 Å². The minimum atomic E-state index is 0.133. The van der Waals surface area contributed by atoms with E-state index >= 15 is 0 Å². The van der Waals surface area contributed by atoms with Gasteiger partial charge in [-0.1, -0.05) is 13.0 Å². The van der Waals surface area contributed by atoms with Gasteiger partial charge in [0.15, 0.2) is 0 Å². The first-order valence-electron chi connectivity index (χ1n) is 13.4. The molecule has 0 N–H and O–H groups in total. The highest BCUT2D eigenvalue weighted by atomic mass is 16.2. The number of piperazine rings is 1. The van der Waals surface area contributed by atoms with E-state index in [0.29, 0.717) is 31.0 Å². The van der Waals surface area contributed by atoms with E-state index in [1.165, 1.54) is 0 Å². The fourth-order valence-corrected chi connectivity index (χ4v) is 5.69. The van der Waals surface area contributed by atoms with Crippen molar-refractivity contribution in [2.75, 3.05) is 31.1 Å². The molecule has 1 saturated heterocycles. The van der Waals surface area contributed by atoms with Crippen LogP contribution in [0.4, 0.5) is 5.82 Å². The third-order valence-corrected chi connectivity index (χ3v) is 8.50. The van der Waals surface area contributed by atoms with Crippen LogP contribution in [0.1, 0.15) is 31.7 Å². The lowest BCUT2D eigenvalue weighted by molar-refractivity contribution is -0.133. The summed E-state index contributed by atoms with van der Waals surface area (Å²) in [6.45, 7) is 9.03. The van der Waals surface area contributed by atoms with Crippen LogP contribution in [0.25, 0.3) is 27.8 Å². The van der Waals surface area contributed by atoms with E-state index in [1.54, 1.807) is 15.4 Å². The van der Waals surface area contributed by atoms with Crippen molar-refractivity contribution >= 4 is 17.2 Å². The number of hydrogen-bond acceptors (Lipinski definition) is 6. The average Bonchev–Trinajstić information content (AvgIpc) is 3.42. The van der Waals surface area contributed by atoms with Crippen LogP contribution >= 0.6 is 0 Å². The highest BCUT2D eigenvalue weighted by molar-refractivity contribution is 5.87. The van der Waals surface area contributed by atoms with Crippen LogP contribution in [0, 0.1) is 22.7 Å². The van der Waals surface area contributed by atoms with Gasteiger partial charge in [-0.05, 0) is 42.4 Å². The van der Waals surface area contributed by atoms with Gasteiger partial charge in [-0.15, -0.1) is 6.58 Å². The van der Waals surface area contributed by atoms with Crippen molar-refractivity contribution < 1.29 is 4.79 Å². The van der Waals surface area contributed by atoms with E-state index in [4.69, 9.17) is 4.98 Å². The summed E-state index contributed by atoms with van der Waals surface area (Å²) in [6.07, 6.45) is 14.0. The van der Waals surface area contributed by atoms with Crippen molar-refractivity contribution in [3.63, 3.8) is 0 Å². The number of carbonyl (C=O) groups excluding carboxylic acids is 1. The van der Waals surface area contributed by atoms with Gasteiger partial charge in [0.25, 0.3) is 0 Å². The highest BCUT2D eigenvalue weighted by Crippen LogP contribution is 2.55. The monoisotopic (exact) mass is 520 g/mol. The lowest BCUT2D eigenvalue weighted by atomic mass is 9.87. The summed E-state index contributed by atoms with van der Waals surface area (Å²) < 4.78 is 3.51. The molecule has 4 aromatic heterocycles. The van der Waals surface area contributed by atoms with Gasteiger partial charge in [-0.2, -0.15) is 15.5 Å². The summed E-state index contributed by atoms with van der Waals surface area (Å²) in [7, 11) is 1.88. The van der Waals surface area contributed by atoms with E-state index in [1.807, 2.05) is 54.9 Å². The molecule has 1 aliphatic carbocycles. The third-order valence-electron chi connectivity index (χ3n) is 8.50. The number of anilines is 1. The Balaban J connectivity index is 1.20. The molecule has 9 heteroatoms.